The molecule has 1 atom stereocenters. The van der Waals surface area contributed by atoms with Crippen molar-refractivity contribution in [3.63, 3.8) is 0 Å². The van der Waals surface area contributed by atoms with Crippen LogP contribution in [0.25, 0.3) is 0 Å². The van der Waals surface area contributed by atoms with Crippen molar-refractivity contribution in [2.45, 2.75) is 32.2 Å². The van der Waals surface area contributed by atoms with Crippen LogP contribution >= 0.6 is 0 Å². The van der Waals surface area contributed by atoms with Crippen LogP contribution in [-0.2, 0) is 4.74 Å². The first-order valence-corrected chi connectivity index (χ1v) is 4.51. The molecule has 3 nitrogen and oxygen atoms in total. The van der Waals surface area contributed by atoms with Crippen molar-refractivity contribution in [1.29, 1.82) is 0 Å². The lowest BCUT2D eigenvalue weighted by Gasteiger charge is -2.16. The van der Waals surface area contributed by atoms with Crippen molar-refractivity contribution < 1.29 is 13.5 Å². The number of aliphatic imine (C=N–C) groups is 1. The van der Waals surface area contributed by atoms with Gasteiger partial charge in [0.15, 0.2) is 0 Å². The quantitative estimate of drug-likeness (QED) is 0.757. The standard InChI is InChI=1S/C9H14F2N2O/c1-6(12)8-3-2-7(4-13-8)14-5-9(10)11/h4,6,9H,2-3,5,12H2,1H3. The van der Waals surface area contributed by atoms with Gasteiger partial charge in [-0.15, -0.1) is 0 Å². The SMILES string of the molecule is CC(N)C1=NC=C(OCC(F)F)CC1. The van der Waals surface area contributed by atoms with Crippen LogP contribution in [0.4, 0.5) is 8.78 Å². The minimum absolute atomic E-state index is 0.0806. The molecule has 0 amide bonds. The third kappa shape index (κ3) is 3.41. The van der Waals surface area contributed by atoms with Gasteiger partial charge < -0.3 is 10.5 Å². The zero-order valence-corrected chi connectivity index (χ0v) is 8.04. The highest BCUT2D eigenvalue weighted by atomic mass is 19.3. The van der Waals surface area contributed by atoms with E-state index in [1.807, 2.05) is 6.92 Å². The van der Waals surface area contributed by atoms with Crippen molar-refractivity contribution in [2.75, 3.05) is 6.61 Å². The molecule has 0 radical (unpaired) electrons. The number of nitrogens with zero attached hydrogens (tertiary/aromatic N) is 1. The molecule has 1 aliphatic heterocycles. The van der Waals surface area contributed by atoms with E-state index in [9.17, 15) is 8.78 Å². The summed E-state index contributed by atoms with van der Waals surface area (Å²) in [7, 11) is 0. The molecule has 1 rings (SSSR count). The zero-order chi connectivity index (χ0) is 10.6. The van der Waals surface area contributed by atoms with E-state index in [4.69, 9.17) is 10.5 Å². The molecule has 0 bridgehead atoms. The van der Waals surface area contributed by atoms with Crippen molar-refractivity contribution >= 4 is 5.71 Å². The predicted molar refractivity (Wildman–Crippen MR) is 50.4 cm³/mol. The summed E-state index contributed by atoms with van der Waals surface area (Å²) in [6, 6.07) is -0.0806. The van der Waals surface area contributed by atoms with E-state index < -0.39 is 13.0 Å². The van der Waals surface area contributed by atoms with Gasteiger partial charge in [-0.1, -0.05) is 0 Å². The van der Waals surface area contributed by atoms with Gasteiger partial charge in [0.2, 0.25) is 0 Å². The minimum atomic E-state index is -2.44. The van der Waals surface area contributed by atoms with Crippen LogP contribution in [0.2, 0.25) is 0 Å². The first-order chi connectivity index (χ1) is 6.59. The van der Waals surface area contributed by atoms with Crippen molar-refractivity contribution in [3.8, 4) is 0 Å². The van der Waals surface area contributed by atoms with Gasteiger partial charge in [-0.2, -0.15) is 0 Å². The Kier molecular flexibility index (Phi) is 4.00. The highest BCUT2D eigenvalue weighted by Gasteiger charge is 2.13. The van der Waals surface area contributed by atoms with Gasteiger partial charge in [-0.3, -0.25) is 4.99 Å². The van der Waals surface area contributed by atoms with Crippen LogP contribution in [0.3, 0.4) is 0 Å². The van der Waals surface area contributed by atoms with Gasteiger partial charge in [0, 0.05) is 18.2 Å². The summed E-state index contributed by atoms with van der Waals surface area (Å²) in [6.07, 6.45) is 0.333. The van der Waals surface area contributed by atoms with Gasteiger partial charge in [-0.25, -0.2) is 8.78 Å². The second kappa shape index (κ2) is 5.05. The summed E-state index contributed by atoms with van der Waals surface area (Å²) in [5, 5.41) is 0. The van der Waals surface area contributed by atoms with E-state index in [2.05, 4.69) is 4.99 Å². The monoisotopic (exact) mass is 204 g/mol. The molecule has 80 valence electrons. The predicted octanol–water partition coefficient (Wildman–Crippen LogP) is 1.69. The van der Waals surface area contributed by atoms with Crippen LogP contribution in [0.1, 0.15) is 19.8 Å². The largest absolute Gasteiger partial charge is 0.490 e. The van der Waals surface area contributed by atoms with E-state index in [1.165, 1.54) is 6.20 Å². The molecule has 0 aliphatic carbocycles. The maximum atomic E-state index is 11.8. The van der Waals surface area contributed by atoms with E-state index in [0.717, 1.165) is 5.71 Å². The molecule has 0 spiro atoms. The van der Waals surface area contributed by atoms with E-state index in [0.29, 0.717) is 18.6 Å². The normalized spacial score (nSPS) is 18.9. The highest BCUT2D eigenvalue weighted by Crippen LogP contribution is 2.15. The Morgan fingerprint density at radius 2 is 2.29 bits per heavy atom. The maximum Gasteiger partial charge on any atom is 0.272 e. The van der Waals surface area contributed by atoms with Gasteiger partial charge >= 0.3 is 0 Å². The van der Waals surface area contributed by atoms with Crippen LogP contribution in [0.15, 0.2) is 17.0 Å². The molecule has 14 heavy (non-hydrogen) atoms. The highest BCUT2D eigenvalue weighted by molar-refractivity contribution is 5.90. The Bertz CT molecular complexity index is 249. The average molecular weight is 204 g/mol. The average Bonchev–Trinajstić information content (AvgIpc) is 2.15. The lowest BCUT2D eigenvalue weighted by atomic mass is 10.1. The Morgan fingerprint density at radius 3 is 2.71 bits per heavy atom. The first kappa shape index (κ1) is 11.1. The summed E-state index contributed by atoms with van der Waals surface area (Å²) in [5.74, 6) is 0.509. The zero-order valence-electron chi connectivity index (χ0n) is 8.04. The lowest BCUT2D eigenvalue weighted by Crippen LogP contribution is -2.27. The maximum absolute atomic E-state index is 11.8. The summed E-state index contributed by atoms with van der Waals surface area (Å²) in [4.78, 5) is 4.05. The molecular formula is C9H14F2N2O. The van der Waals surface area contributed by atoms with E-state index >= 15 is 0 Å². The second-order valence-electron chi connectivity index (χ2n) is 3.21. The molecule has 1 heterocycles. The van der Waals surface area contributed by atoms with Crippen LogP contribution in [0, 0.1) is 0 Å². The first-order valence-electron chi connectivity index (χ1n) is 4.51. The number of allylic oxidation sites excluding steroid dienone is 1. The molecule has 1 aliphatic rings. The van der Waals surface area contributed by atoms with Gasteiger partial charge in [0.25, 0.3) is 6.43 Å². The fourth-order valence-electron chi connectivity index (χ4n) is 1.16. The van der Waals surface area contributed by atoms with Gasteiger partial charge in [-0.05, 0) is 13.3 Å². The van der Waals surface area contributed by atoms with Crippen molar-refractivity contribution in [1.82, 2.24) is 0 Å². The third-order valence-corrected chi connectivity index (χ3v) is 1.92. The molecule has 0 aromatic rings. The summed E-state index contributed by atoms with van der Waals surface area (Å²) in [5.41, 5.74) is 6.50. The molecule has 1 unspecified atom stereocenters. The van der Waals surface area contributed by atoms with E-state index in [1.54, 1.807) is 0 Å². The van der Waals surface area contributed by atoms with E-state index in [-0.39, 0.29) is 6.04 Å². The fourth-order valence-corrected chi connectivity index (χ4v) is 1.16. The van der Waals surface area contributed by atoms with Crippen molar-refractivity contribution in [2.24, 2.45) is 10.7 Å². The number of alkyl halides is 2. The number of ether oxygens (including phenoxy) is 1. The molecule has 0 aromatic heterocycles. The van der Waals surface area contributed by atoms with Gasteiger partial charge in [0.05, 0.1) is 6.20 Å². The Balaban J connectivity index is 2.43. The smallest absolute Gasteiger partial charge is 0.272 e. The Morgan fingerprint density at radius 1 is 1.57 bits per heavy atom. The molecule has 0 saturated heterocycles. The molecule has 0 aromatic carbocycles. The minimum Gasteiger partial charge on any atom is -0.490 e. The number of rotatable bonds is 4. The third-order valence-electron chi connectivity index (χ3n) is 1.92. The van der Waals surface area contributed by atoms with Crippen molar-refractivity contribution in [3.05, 3.63) is 12.0 Å². The van der Waals surface area contributed by atoms with Crippen LogP contribution in [-0.4, -0.2) is 24.8 Å². The molecule has 0 saturated carbocycles. The van der Waals surface area contributed by atoms with Gasteiger partial charge in [0.1, 0.15) is 12.4 Å². The summed E-state index contributed by atoms with van der Waals surface area (Å²) < 4.78 is 28.4. The second-order valence-corrected chi connectivity index (χ2v) is 3.21. The lowest BCUT2D eigenvalue weighted by molar-refractivity contribution is 0.0458. The molecule has 5 heteroatoms. The molecule has 2 N–H and O–H groups in total. The number of hydrogen-bond acceptors (Lipinski definition) is 3. The topological polar surface area (TPSA) is 47.6 Å². The van der Waals surface area contributed by atoms with Crippen LogP contribution < -0.4 is 5.73 Å². The fraction of sp³-hybridized carbons (Fsp3) is 0.667. The number of halogens is 2. The molecular weight excluding hydrogens is 190 g/mol. The summed E-state index contributed by atoms with van der Waals surface area (Å²) in [6.45, 7) is 1.28. The van der Waals surface area contributed by atoms with Crippen LogP contribution in [0.5, 0.6) is 0 Å². The molecule has 0 fully saturated rings. The number of nitrogens with two attached hydrogens (primary N) is 1. The number of hydrogen-bond donors (Lipinski definition) is 1. The Labute approximate surface area is 81.6 Å². The summed E-state index contributed by atoms with van der Waals surface area (Å²) >= 11 is 0. The Hall–Kier alpha value is -0.970.